The molecule has 0 unspecified atom stereocenters. The summed E-state index contributed by atoms with van der Waals surface area (Å²) in [7, 11) is 0. The van der Waals surface area contributed by atoms with E-state index in [1.807, 2.05) is 16.7 Å². The number of carbonyl (C=O) groups excluding carboxylic acids is 1. The first-order valence-electron chi connectivity index (χ1n) is 8.69. The Morgan fingerprint density at radius 2 is 1.89 bits per heavy atom. The van der Waals surface area contributed by atoms with Gasteiger partial charge in [-0.2, -0.15) is 0 Å². The van der Waals surface area contributed by atoms with Crippen LogP contribution in [0.15, 0.2) is 53.9 Å². The smallest absolute Gasteiger partial charge is 0.234 e. The zero-order valence-corrected chi connectivity index (χ0v) is 15.7. The molecule has 3 aromatic rings. The molecule has 0 radical (unpaired) electrons. The molecule has 1 N–H and O–H groups in total. The van der Waals surface area contributed by atoms with Crippen LogP contribution in [-0.2, 0) is 11.3 Å². The Kier molecular flexibility index (Phi) is 6.54. The molecule has 0 fully saturated rings. The molecule has 0 aliphatic heterocycles. The molecule has 0 saturated heterocycles. The number of nitrogens with one attached hydrogen (secondary N) is 1. The second-order valence-corrected chi connectivity index (χ2v) is 6.83. The average molecular weight is 385 g/mol. The van der Waals surface area contributed by atoms with Gasteiger partial charge in [-0.3, -0.25) is 9.78 Å². The predicted molar refractivity (Wildman–Crippen MR) is 104 cm³/mol. The van der Waals surface area contributed by atoms with Crippen LogP contribution in [0.5, 0.6) is 0 Å². The summed E-state index contributed by atoms with van der Waals surface area (Å²) in [4.78, 5) is 16.2. The van der Waals surface area contributed by atoms with Gasteiger partial charge >= 0.3 is 0 Å². The summed E-state index contributed by atoms with van der Waals surface area (Å²) >= 11 is 1.33. The van der Waals surface area contributed by atoms with E-state index in [2.05, 4.69) is 27.4 Å². The highest BCUT2D eigenvalue weighted by Crippen LogP contribution is 2.24. The molecular formula is C19H20FN5OS. The second kappa shape index (κ2) is 9.27. The highest BCUT2D eigenvalue weighted by Gasteiger charge is 2.15. The number of halogens is 1. The number of anilines is 1. The number of pyridine rings is 1. The van der Waals surface area contributed by atoms with Crippen LogP contribution in [-0.4, -0.2) is 31.4 Å². The van der Waals surface area contributed by atoms with E-state index in [0.29, 0.717) is 10.8 Å². The molecule has 8 heteroatoms. The maximum absolute atomic E-state index is 12.9. The van der Waals surface area contributed by atoms with E-state index in [1.165, 1.54) is 36.0 Å². The molecule has 0 saturated carbocycles. The fourth-order valence-corrected chi connectivity index (χ4v) is 3.25. The summed E-state index contributed by atoms with van der Waals surface area (Å²) in [5.74, 6) is 0.447. The van der Waals surface area contributed by atoms with E-state index in [4.69, 9.17) is 0 Å². The molecule has 2 aromatic heterocycles. The third-order valence-corrected chi connectivity index (χ3v) is 4.82. The summed E-state index contributed by atoms with van der Waals surface area (Å²) in [6, 6.07) is 9.47. The van der Waals surface area contributed by atoms with Crippen molar-refractivity contribution in [2.75, 3.05) is 11.1 Å². The lowest BCUT2D eigenvalue weighted by molar-refractivity contribution is -0.113. The summed E-state index contributed by atoms with van der Waals surface area (Å²) in [6.45, 7) is 2.91. The van der Waals surface area contributed by atoms with Gasteiger partial charge < -0.3 is 9.88 Å². The van der Waals surface area contributed by atoms with Crippen molar-refractivity contribution in [1.29, 1.82) is 0 Å². The number of carbonyl (C=O) groups is 1. The minimum atomic E-state index is -0.338. The molecular weight excluding hydrogens is 365 g/mol. The number of benzene rings is 1. The van der Waals surface area contributed by atoms with Gasteiger partial charge in [0.05, 0.1) is 5.75 Å². The predicted octanol–water partition coefficient (Wildman–Crippen LogP) is 4.01. The Hall–Kier alpha value is -2.74. The monoisotopic (exact) mass is 385 g/mol. The van der Waals surface area contributed by atoms with Gasteiger partial charge in [-0.15, -0.1) is 10.2 Å². The van der Waals surface area contributed by atoms with Crippen molar-refractivity contribution >= 4 is 23.4 Å². The van der Waals surface area contributed by atoms with Crippen molar-refractivity contribution in [1.82, 2.24) is 19.7 Å². The second-order valence-electron chi connectivity index (χ2n) is 5.89. The normalized spacial score (nSPS) is 10.7. The van der Waals surface area contributed by atoms with Crippen molar-refractivity contribution in [3.8, 4) is 11.4 Å². The van der Waals surface area contributed by atoms with Crippen LogP contribution in [0.2, 0.25) is 0 Å². The Labute approximate surface area is 161 Å². The van der Waals surface area contributed by atoms with Crippen molar-refractivity contribution in [2.24, 2.45) is 0 Å². The quantitative estimate of drug-likeness (QED) is 0.593. The van der Waals surface area contributed by atoms with Gasteiger partial charge in [0.1, 0.15) is 5.82 Å². The van der Waals surface area contributed by atoms with Crippen LogP contribution in [0.3, 0.4) is 0 Å². The lowest BCUT2D eigenvalue weighted by atomic mass is 10.2. The number of aromatic nitrogens is 4. The maximum atomic E-state index is 12.9. The number of nitrogens with zero attached hydrogens (tertiary/aromatic N) is 4. The van der Waals surface area contributed by atoms with Gasteiger partial charge in [0.25, 0.3) is 0 Å². The fraction of sp³-hybridized carbons (Fsp3) is 0.263. The largest absolute Gasteiger partial charge is 0.325 e. The van der Waals surface area contributed by atoms with Crippen LogP contribution < -0.4 is 5.32 Å². The minimum Gasteiger partial charge on any atom is -0.325 e. The molecule has 1 aromatic carbocycles. The van der Waals surface area contributed by atoms with E-state index >= 15 is 0 Å². The van der Waals surface area contributed by atoms with Gasteiger partial charge in [0.15, 0.2) is 11.0 Å². The zero-order valence-electron chi connectivity index (χ0n) is 14.9. The standard InChI is InChI=1S/C19H20FN5OS/c1-2-3-12-25-18(14-8-10-21-11-9-14)23-24-19(25)27-13-17(26)22-16-6-4-15(20)5-7-16/h4-11H,2-3,12-13H2,1H3,(H,22,26). The number of thioether (sulfide) groups is 1. The van der Waals surface area contributed by atoms with Crippen LogP contribution in [0, 0.1) is 5.82 Å². The molecule has 0 spiro atoms. The van der Waals surface area contributed by atoms with E-state index < -0.39 is 0 Å². The maximum Gasteiger partial charge on any atom is 0.234 e. The van der Waals surface area contributed by atoms with Gasteiger partial charge in [0.2, 0.25) is 5.91 Å². The molecule has 0 atom stereocenters. The van der Waals surface area contributed by atoms with Gasteiger partial charge in [-0.25, -0.2) is 4.39 Å². The van der Waals surface area contributed by atoms with Gasteiger partial charge in [-0.05, 0) is 42.8 Å². The summed E-state index contributed by atoms with van der Waals surface area (Å²) in [6.07, 6.45) is 5.48. The third kappa shape index (κ3) is 5.13. The van der Waals surface area contributed by atoms with Crippen LogP contribution >= 0.6 is 11.8 Å². The Balaban J connectivity index is 1.69. The lowest BCUT2D eigenvalue weighted by Crippen LogP contribution is -2.14. The molecule has 6 nitrogen and oxygen atoms in total. The molecule has 27 heavy (non-hydrogen) atoms. The average Bonchev–Trinajstić information content (AvgIpc) is 3.10. The van der Waals surface area contributed by atoms with Crippen molar-refractivity contribution in [3.05, 3.63) is 54.6 Å². The van der Waals surface area contributed by atoms with Crippen molar-refractivity contribution < 1.29 is 9.18 Å². The Bertz CT molecular complexity index is 883. The Morgan fingerprint density at radius 1 is 1.15 bits per heavy atom. The molecule has 140 valence electrons. The molecule has 1 amide bonds. The van der Waals surface area contributed by atoms with E-state index in [-0.39, 0.29) is 17.5 Å². The van der Waals surface area contributed by atoms with E-state index in [0.717, 1.165) is 30.8 Å². The van der Waals surface area contributed by atoms with Crippen LogP contribution in [0.1, 0.15) is 19.8 Å². The molecule has 3 rings (SSSR count). The number of unbranched alkanes of at least 4 members (excludes halogenated alkanes) is 1. The van der Waals surface area contributed by atoms with Gasteiger partial charge in [-0.1, -0.05) is 25.1 Å². The van der Waals surface area contributed by atoms with Crippen LogP contribution in [0.4, 0.5) is 10.1 Å². The van der Waals surface area contributed by atoms with Crippen LogP contribution in [0.25, 0.3) is 11.4 Å². The van der Waals surface area contributed by atoms with Crippen molar-refractivity contribution in [2.45, 2.75) is 31.5 Å². The zero-order chi connectivity index (χ0) is 19.1. The molecule has 0 aliphatic rings. The topological polar surface area (TPSA) is 72.7 Å². The van der Waals surface area contributed by atoms with E-state index in [9.17, 15) is 9.18 Å². The van der Waals surface area contributed by atoms with E-state index in [1.54, 1.807) is 12.4 Å². The highest BCUT2D eigenvalue weighted by molar-refractivity contribution is 7.99. The van der Waals surface area contributed by atoms with Gasteiger partial charge in [0, 0.05) is 30.2 Å². The Morgan fingerprint density at radius 3 is 2.59 bits per heavy atom. The minimum absolute atomic E-state index is 0.179. The lowest BCUT2D eigenvalue weighted by Gasteiger charge is -2.09. The summed E-state index contributed by atoms with van der Waals surface area (Å²) in [5, 5.41) is 12.0. The summed E-state index contributed by atoms with van der Waals surface area (Å²) < 4.78 is 15.0. The number of amides is 1. The molecule has 0 bridgehead atoms. The van der Waals surface area contributed by atoms with Crippen molar-refractivity contribution in [3.63, 3.8) is 0 Å². The SMILES string of the molecule is CCCCn1c(SCC(=O)Nc2ccc(F)cc2)nnc1-c1ccncc1. The first-order chi connectivity index (χ1) is 13.2. The molecule has 0 aliphatic carbocycles. The highest BCUT2D eigenvalue weighted by atomic mass is 32.2. The number of rotatable bonds is 8. The fourth-order valence-electron chi connectivity index (χ4n) is 2.49. The first kappa shape index (κ1) is 19.0. The number of hydrogen-bond donors (Lipinski definition) is 1. The summed E-state index contributed by atoms with van der Waals surface area (Å²) in [5.41, 5.74) is 1.50. The molecule has 2 heterocycles. The number of hydrogen-bond acceptors (Lipinski definition) is 5. The first-order valence-corrected chi connectivity index (χ1v) is 9.67. The third-order valence-electron chi connectivity index (χ3n) is 3.85.